The molecule has 31 heavy (non-hydrogen) atoms. The monoisotopic (exact) mass is 429 g/mol. The Kier molecular flexibility index (Phi) is 7.66. The third-order valence-corrected chi connectivity index (χ3v) is 5.26. The molecule has 1 saturated carbocycles. The molecular formula is C23H31N3O5. The zero-order valence-corrected chi connectivity index (χ0v) is 18.9. The quantitative estimate of drug-likeness (QED) is 0.701. The molecule has 8 nitrogen and oxygen atoms in total. The summed E-state index contributed by atoms with van der Waals surface area (Å²) >= 11 is 0. The molecule has 0 unspecified atom stereocenters. The average molecular weight is 430 g/mol. The van der Waals surface area contributed by atoms with Gasteiger partial charge in [0.1, 0.15) is 11.1 Å². The first-order chi connectivity index (χ1) is 14.5. The summed E-state index contributed by atoms with van der Waals surface area (Å²) < 4.78 is 10.5. The third kappa shape index (κ3) is 6.45. The van der Waals surface area contributed by atoms with Crippen LogP contribution in [0, 0.1) is 11.3 Å². The van der Waals surface area contributed by atoms with Crippen molar-refractivity contribution < 1.29 is 23.9 Å². The summed E-state index contributed by atoms with van der Waals surface area (Å²) in [6.07, 6.45) is 2.46. The summed E-state index contributed by atoms with van der Waals surface area (Å²) in [7, 11) is 1.60. The average Bonchev–Trinajstić information content (AvgIpc) is 2.72. The van der Waals surface area contributed by atoms with Crippen LogP contribution in [0.1, 0.15) is 70.2 Å². The lowest BCUT2D eigenvalue weighted by atomic mass is 9.81. The molecule has 1 N–H and O–H groups in total. The van der Waals surface area contributed by atoms with Crippen molar-refractivity contribution in [1.29, 1.82) is 5.26 Å². The predicted octanol–water partition coefficient (Wildman–Crippen LogP) is 4.26. The van der Waals surface area contributed by atoms with Gasteiger partial charge in [-0.2, -0.15) is 5.26 Å². The van der Waals surface area contributed by atoms with Crippen molar-refractivity contribution in [1.82, 2.24) is 4.90 Å². The number of esters is 1. The fraction of sp³-hybridized carbons (Fsp3) is 0.565. The minimum Gasteiger partial charge on any atom is -0.449 e. The number of hydrogen-bond acceptors (Lipinski definition) is 6. The van der Waals surface area contributed by atoms with Crippen LogP contribution in [0.2, 0.25) is 0 Å². The molecule has 0 spiro atoms. The maximum atomic E-state index is 12.8. The molecule has 1 aliphatic rings. The molecule has 1 aromatic rings. The van der Waals surface area contributed by atoms with E-state index in [0.29, 0.717) is 18.5 Å². The number of ether oxygens (including phenoxy) is 2. The number of carbonyl (C=O) groups excluding carboxylic acids is 3. The minimum absolute atomic E-state index is 0.240. The Morgan fingerprint density at radius 2 is 1.71 bits per heavy atom. The number of anilines is 1. The molecule has 168 valence electrons. The minimum atomic E-state index is -1.02. The second-order valence-electron chi connectivity index (χ2n) is 8.85. The van der Waals surface area contributed by atoms with Crippen molar-refractivity contribution in [3.63, 3.8) is 0 Å². The fourth-order valence-corrected chi connectivity index (χ4v) is 3.53. The molecule has 0 heterocycles. The number of likely N-dealkylation sites (N-methyl/N-ethyl adjacent to an activating group) is 1. The highest BCUT2D eigenvalue weighted by Gasteiger charge is 2.40. The van der Waals surface area contributed by atoms with Gasteiger partial charge in [-0.25, -0.2) is 9.59 Å². The number of amides is 2. The van der Waals surface area contributed by atoms with Crippen molar-refractivity contribution in [2.45, 2.75) is 77.0 Å². The smallest absolute Gasteiger partial charge is 0.412 e. The van der Waals surface area contributed by atoms with Crippen molar-refractivity contribution in [2.75, 3.05) is 12.4 Å². The molecule has 2 amide bonds. The van der Waals surface area contributed by atoms with Gasteiger partial charge in [0, 0.05) is 12.7 Å². The van der Waals surface area contributed by atoms with Crippen molar-refractivity contribution in [3.05, 3.63) is 29.8 Å². The van der Waals surface area contributed by atoms with E-state index in [2.05, 4.69) is 11.4 Å². The van der Waals surface area contributed by atoms with E-state index in [1.807, 2.05) is 0 Å². The molecule has 1 atom stereocenters. The van der Waals surface area contributed by atoms with E-state index in [-0.39, 0.29) is 5.56 Å². The Morgan fingerprint density at radius 1 is 1.13 bits per heavy atom. The molecule has 0 radical (unpaired) electrons. The van der Waals surface area contributed by atoms with Gasteiger partial charge >= 0.3 is 12.1 Å². The lowest BCUT2D eigenvalue weighted by Gasteiger charge is -2.39. The van der Waals surface area contributed by atoms with Gasteiger partial charge in [0.2, 0.25) is 0 Å². The Hall–Kier alpha value is -3.08. The lowest BCUT2D eigenvalue weighted by molar-refractivity contribution is -0.143. The Labute approximate surface area is 183 Å². The number of nitrogens with zero attached hydrogens (tertiary/aromatic N) is 2. The molecule has 2 rings (SSSR count). The second kappa shape index (κ2) is 9.82. The first-order valence-electron chi connectivity index (χ1n) is 10.5. The van der Waals surface area contributed by atoms with Crippen LogP contribution in [0.4, 0.5) is 10.5 Å². The van der Waals surface area contributed by atoms with Gasteiger partial charge in [-0.3, -0.25) is 10.1 Å². The SMILES string of the molecule is C[C@@H](OC(=O)c1ccc(NC(=O)OC(C)(C)C)cc1)C(=O)N(C)C1(C#N)CCCCC1. The highest BCUT2D eigenvalue weighted by molar-refractivity contribution is 5.93. The molecule has 1 aromatic carbocycles. The molecule has 0 bridgehead atoms. The zero-order chi connectivity index (χ0) is 23.2. The number of nitriles is 1. The van der Waals surface area contributed by atoms with E-state index in [1.54, 1.807) is 40.0 Å². The number of carbonyl (C=O) groups is 3. The maximum absolute atomic E-state index is 12.8. The second-order valence-corrected chi connectivity index (χ2v) is 8.85. The van der Waals surface area contributed by atoms with Crippen LogP contribution in [-0.2, 0) is 14.3 Å². The van der Waals surface area contributed by atoms with E-state index in [4.69, 9.17) is 9.47 Å². The van der Waals surface area contributed by atoms with Gasteiger partial charge in [-0.15, -0.1) is 0 Å². The predicted molar refractivity (Wildman–Crippen MR) is 115 cm³/mol. The third-order valence-electron chi connectivity index (χ3n) is 5.26. The van der Waals surface area contributed by atoms with Crippen molar-refractivity contribution in [2.24, 2.45) is 0 Å². The van der Waals surface area contributed by atoms with Crippen LogP contribution in [-0.4, -0.2) is 47.2 Å². The number of rotatable bonds is 5. The van der Waals surface area contributed by atoms with Gasteiger partial charge in [-0.1, -0.05) is 19.3 Å². The van der Waals surface area contributed by atoms with E-state index in [1.165, 1.54) is 24.0 Å². The van der Waals surface area contributed by atoms with E-state index >= 15 is 0 Å². The molecule has 0 aliphatic heterocycles. The highest BCUT2D eigenvalue weighted by Crippen LogP contribution is 2.33. The highest BCUT2D eigenvalue weighted by atomic mass is 16.6. The molecule has 0 saturated heterocycles. The molecule has 1 fully saturated rings. The molecular weight excluding hydrogens is 398 g/mol. The first kappa shape index (κ1) is 24.2. The topological polar surface area (TPSA) is 109 Å². The largest absolute Gasteiger partial charge is 0.449 e. The standard InChI is InChI=1S/C23H31N3O5/c1-16(19(27)26(5)23(15-24)13-7-6-8-14-23)30-20(28)17-9-11-18(12-10-17)25-21(29)31-22(2,3)4/h9-12,16H,6-8,13-14H2,1-5H3,(H,25,29)/t16-/m1/s1. The Balaban J connectivity index is 1.97. The van der Waals surface area contributed by atoms with E-state index in [9.17, 15) is 19.6 Å². The summed E-state index contributed by atoms with van der Waals surface area (Å²) in [4.78, 5) is 38.5. The van der Waals surface area contributed by atoms with Crippen LogP contribution >= 0.6 is 0 Å². The van der Waals surface area contributed by atoms with Gasteiger partial charge in [0.25, 0.3) is 5.91 Å². The van der Waals surface area contributed by atoms with Crippen molar-refractivity contribution >= 4 is 23.7 Å². The summed E-state index contributed by atoms with van der Waals surface area (Å²) in [6.45, 7) is 6.79. The van der Waals surface area contributed by atoms with Crippen LogP contribution in [0.15, 0.2) is 24.3 Å². The first-order valence-corrected chi connectivity index (χ1v) is 10.5. The van der Waals surface area contributed by atoms with E-state index in [0.717, 1.165) is 19.3 Å². The summed E-state index contributed by atoms with van der Waals surface area (Å²) in [5.74, 6) is -1.06. The summed E-state index contributed by atoms with van der Waals surface area (Å²) in [5.41, 5.74) is -0.760. The zero-order valence-electron chi connectivity index (χ0n) is 18.9. The van der Waals surface area contributed by atoms with Gasteiger partial charge in [-0.05, 0) is 64.8 Å². The Bertz CT molecular complexity index is 845. The molecule has 0 aromatic heterocycles. The summed E-state index contributed by atoms with van der Waals surface area (Å²) in [6, 6.07) is 8.38. The molecule has 8 heteroatoms. The van der Waals surface area contributed by atoms with E-state index < -0.39 is 35.2 Å². The van der Waals surface area contributed by atoms with Gasteiger partial charge in [0.05, 0.1) is 11.6 Å². The van der Waals surface area contributed by atoms with Crippen LogP contribution < -0.4 is 5.32 Å². The van der Waals surface area contributed by atoms with Crippen LogP contribution in [0.3, 0.4) is 0 Å². The maximum Gasteiger partial charge on any atom is 0.412 e. The van der Waals surface area contributed by atoms with Gasteiger partial charge in [0.15, 0.2) is 6.10 Å². The number of hydrogen-bond donors (Lipinski definition) is 1. The lowest BCUT2D eigenvalue weighted by Crippen LogP contribution is -2.53. The van der Waals surface area contributed by atoms with Crippen molar-refractivity contribution in [3.8, 4) is 6.07 Å². The number of nitrogens with one attached hydrogen (secondary N) is 1. The summed E-state index contributed by atoms with van der Waals surface area (Å²) in [5, 5.41) is 12.2. The normalized spacial score (nSPS) is 16.4. The molecule has 1 aliphatic carbocycles. The van der Waals surface area contributed by atoms with Gasteiger partial charge < -0.3 is 14.4 Å². The Morgan fingerprint density at radius 3 is 2.23 bits per heavy atom. The van der Waals surface area contributed by atoms with Crippen LogP contribution in [0.5, 0.6) is 0 Å². The fourth-order valence-electron chi connectivity index (χ4n) is 3.53. The van der Waals surface area contributed by atoms with Crippen LogP contribution in [0.25, 0.3) is 0 Å². The number of benzene rings is 1.